The maximum absolute atomic E-state index is 6.32. The first kappa shape index (κ1) is 12.8. The summed E-state index contributed by atoms with van der Waals surface area (Å²) in [6, 6.07) is 5.92. The van der Waals surface area contributed by atoms with Crippen LogP contribution >= 0.6 is 23.2 Å². The predicted octanol–water partition coefficient (Wildman–Crippen LogP) is 4.32. The lowest BCUT2D eigenvalue weighted by Gasteiger charge is -2.48. The molecule has 1 aliphatic heterocycles. The molecular formula is C15H19Cl2N. The maximum atomic E-state index is 6.32. The zero-order chi connectivity index (χ0) is 12.6. The quantitative estimate of drug-likeness (QED) is 0.871. The van der Waals surface area contributed by atoms with Crippen LogP contribution in [0.2, 0.25) is 10.0 Å². The average Bonchev–Trinajstić information content (AvgIpc) is 2.79. The van der Waals surface area contributed by atoms with Crippen molar-refractivity contribution in [3.63, 3.8) is 0 Å². The van der Waals surface area contributed by atoms with Crippen LogP contribution in [0.4, 0.5) is 0 Å². The molecule has 0 spiro atoms. The highest BCUT2D eigenvalue weighted by molar-refractivity contribution is 6.35. The standard InChI is InChI=1S/C15H19Cl2N/c16-13-6-5-11(14(17)7-13)8-15(9-18-10-15)12-3-1-2-4-12/h5-7,12,18H,1-4,8-10H2. The molecule has 1 aromatic carbocycles. The van der Waals surface area contributed by atoms with E-state index in [4.69, 9.17) is 23.2 Å². The molecule has 1 aromatic rings. The summed E-state index contributed by atoms with van der Waals surface area (Å²) in [5.74, 6) is 0.880. The van der Waals surface area contributed by atoms with Crippen LogP contribution in [0.3, 0.4) is 0 Å². The van der Waals surface area contributed by atoms with Gasteiger partial charge in [0.25, 0.3) is 0 Å². The Hall–Kier alpha value is -0.240. The van der Waals surface area contributed by atoms with E-state index in [1.807, 2.05) is 12.1 Å². The van der Waals surface area contributed by atoms with E-state index < -0.39 is 0 Å². The molecule has 1 N–H and O–H groups in total. The van der Waals surface area contributed by atoms with Gasteiger partial charge >= 0.3 is 0 Å². The Balaban J connectivity index is 1.80. The molecule has 1 saturated heterocycles. The van der Waals surface area contributed by atoms with Gasteiger partial charge in [-0.3, -0.25) is 0 Å². The monoisotopic (exact) mass is 283 g/mol. The number of rotatable bonds is 3. The summed E-state index contributed by atoms with van der Waals surface area (Å²) in [6.45, 7) is 2.30. The van der Waals surface area contributed by atoms with E-state index in [0.717, 1.165) is 35.5 Å². The molecule has 0 unspecified atom stereocenters. The highest BCUT2D eigenvalue weighted by Crippen LogP contribution is 2.45. The number of hydrogen-bond acceptors (Lipinski definition) is 1. The third-order valence-corrected chi connectivity index (χ3v) is 5.32. The van der Waals surface area contributed by atoms with Gasteiger partial charge in [0.15, 0.2) is 0 Å². The van der Waals surface area contributed by atoms with E-state index in [9.17, 15) is 0 Å². The van der Waals surface area contributed by atoms with Crippen molar-refractivity contribution in [3.05, 3.63) is 33.8 Å². The zero-order valence-corrected chi connectivity index (χ0v) is 12.0. The molecule has 0 amide bonds. The highest BCUT2D eigenvalue weighted by atomic mass is 35.5. The minimum atomic E-state index is 0.452. The van der Waals surface area contributed by atoms with E-state index >= 15 is 0 Å². The van der Waals surface area contributed by atoms with Crippen molar-refractivity contribution in [1.82, 2.24) is 5.32 Å². The summed E-state index contributed by atoms with van der Waals surface area (Å²) in [5, 5.41) is 5.01. The second-order valence-corrected chi connectivity index (χ2v) is 6.70. The Kier molecular flexibility index (Phi) is 3.57. The van der Waals surface area contributed by atoms with Crippen LogP contribution in [0.15, 0.2) is 18.2 Å². The molecule has 2 fully saturated rings. The predicted molar refractivity (Wildman–Crippen MR) is 77.4 cm³/mol. The molecule has 0 atom stereocenters. The van der Waals surface area contributed by atoms with Gasteiger partial charge in [-0.15, -0.1) is 0 Å². The minimum Gasteiger partial charge on any atom is -0.315 e. The van der Waals surface area contributed by atoms with E-state index in [2.05, 4.69) is 11.4 Å². The summed E-state index contributed by atoms with van der Waals surface area (Å²) < 4.78 is 0. The van der Waals surface area contributed by atoms with Crippen molar-refractivity contribution in [2.45, 2.75) is 32.1 Å². The third kappa shape index (κ3) is 2.29. The zero-order valence-electron chi connectivity index (χ0n) is 10.5. The van der Waals surface area contributed by atoms with Gasteiger partial charge < -0.3 is 5.32 Å². The second-order valence-electron chi connectivity index (χ2n) is 5.86. The molecule has 18 heavy (non-hydrogen) atoms. The average molecular weight is 284 g/mol. The minimum absolute atomic E-state index is 0.452. The number of nitrogens with one attached hydrogen (secondary N) is 1. The van der Waals surface area contributed by atoms with Crippen molar-refractivity contribution < 1.29 is 0 Å². The van der Waals surface area contributed by atoms with Gasteiger partial charge in [-0.2, -0.15) is 0 Å². The molecule has 1 saturated carbocycles. The van der Waals surface area contributed by atoms with Crippen LogP contribution in [-0.2, 0) is 6.42 Å². The summed E-state index contributed by atoms with van der Waals surface area (Å²) in [7, 11) is 0. The first-order valence-electron chi connectivity index (χ1n) is 6.84. The van der Waals surface area contributed by atoms with Gasteiger partial charge in [0.2, 0.25) is 0 Å². The molecule has 1 nitrogen and oxygen atoms in total. The molecule has 2 aliphatic rings. The third-order valence-electron chi connectivity index (χ3n) is 4.73. The fourth-order valence-electron chi connectivity index (χ4n) is 3.59. The van der Waals surface area contributed by atoms with Gasteiger partial charge in [-0.05, 0) is 42.9 Å². The fraction of sp³-hybridized carbons (Fsp3) is 0.600. The van der Waals surface area contributed by atoms with Crippen molar-refractivity contribution >= 4 is 23.2 Å². The number of benzene rings is 1. The highest BCUT2D eigenvalue weighted by Gasteiger charge is 2.44. The molecule has 1 heterocycles. The Morgan fingerprint density at radius 1 is 1.17 bits per heavy atom. The first-order valence-corrected chi connectivity index (χ1v) is 7.60. The van der Waals surface area contributed by atoms with Crippen molar-refractivity contribution in [1.29, 1.82) is 0 Å². The van der Waals surface area contributed by atoms with Crippen LogP contribution in [-0.4, -0.2) is 13.1 Å². The SMILES string of the molecule is Clc1ccc(CC2(C3CCCC3)CNC2)c(Cl)c1. The Morgan fingerprint density at radius 2 is 1.89 bits per heavy atom. The summed E-state index contributed by atoms with van der Waals surface area (Å²) in [4.78, 5) is 0. The Morgan fingerprint density at radius 3 is 2.44 bits per heavy atom. The summed E-state index contributed by atoms with van der Waals surface area (Å²) in [5.41, 5.74) is 1.71. The van der Waals surface area contributed by atoms with Crippen molar-refractivity contribution in [2.75, 3.05) is 13.1 Å². The topological polar surface area (TPSA) is 12.0 Å². The van der Waals surface area contributed by atoms with Gasteiger partial charge in [0.05, 0.1) is 0 Å². The lowest BCUT2D eigenvalue weighted by molar-refractivity contribution is 0.0812. The molecule has 1 aliphatic carbocycles. The van der Waals surface area contributed by atoms with Crippen LogP contribution in [0, 0.1) is 11.3 Å². The van der Waals surface area contributed by atoms with E-state index in [1.165, 1.54) is 31.2 Å². The van der Waals surface area contributed by atoms with Gasteiger partial charge in [-0.25, -0.2) is 0 Å². The van der Waals surface area contributed by atoms with Crippen LogP contribution in [0.25, 0.3) is 0 Å². The molecule has 98 valence electrons. The molecule has 0 bridgehead atoms. The molecule has 0 radical (unpaired) electrons. The lowest BCUT2D eigenvalue weighted by atomic mass is 9.66. The summed E-state index contributed by atoms with van der Waals surface area (Å²) >= 11 is 12.3. The molecule has 0 aromatic heterocycles. The van der Waals surface area contributed by atoms with Crippen LogP contribution < -0.4 is 5.32 Å². The Bertz CT molecular complexity index is 434. The normalized spacial score (nSPS) is 23.0. The number of hydrogen-bond donors (Lipinski definition) is 1. The van der Waals surface area contributed by atoms with E-state index in [1.54, 1.807) is 0 Å². The Labute approximate surface area is 119 Å². The van der Waals surface area contributed by atoms with Crippen LogP contribution in [0.5, 0.6) is 0 Å². The number of halogens is 2. The molecular weight excluding hydrogens is 265 g/mol. The van der Waals surface area contributed by atoms with Gasteiger partial charge in [0.1, 0.15) is 0 Å². The van der Waals surface area contributed by atoms with E-state index in [0.29, 0.717) is 5.41 Å². The van der Waals surface area contributed by atoms with Crippen molar-refractivity contribution in [3.8, 4) is 0 Å². The smallest absolute Gasteiger partial charge is 0.0453 e. The largest absolute Gasteiger partial charge is 0.315 e. The van der Waals surface area contributed by atoms with Gasteiger partial charge in [-0.1, -0.05) is 42.1 Å². The van der Waals surface area contributed by atoms with Crippen molar-refractivity contribution in [2.24, 2.45) is 11.3 Å². The maximum Gasteiger partial charge on any atom is 0.0453 e. The summed E-state index contributed by atoms with van der Waals surface area (Å²) in [6.07, 6.45) is 6.70. The second kappa shape index (κ2) is 5.03. The molecule has 3 heteroatoms. The van der Waals surface area contributed by atoms with Gasteiger partial charge in [0, 0.05) is 28.5 Å². The van der Waals surface area contributed by atoms with E-state index in [-0.39, 0.29) is 0 Å². The molecule has 3 rings (SSSR count). The first-order chi connectivity index (χ1) is 8.70. The fourth-order valence-corrected chi connectivity index (χ4v) is 4.06. The van der Waals surface area contributed by atoms with Crippen LogP contribution in [0.1, 0.15) is 31.2 Å². The lowest BCUT2D eigenvalue weighted by Crippen LogP contribution is -2.58.